The first kappa shape index (κ1) is 25.5. The van der Waals surface area contributed by atoms with Crippen LogP contribution >= 0.6 is 27.7 Å². The van der Waals surface area contributed by atoms with Crippen LogP contribution in [0.5, 0.6) is 0 Å². The highest BCUT2D eigenvalue weighted by Gasteiger charge is 2.21. The molecule has 0 radical (unpaired) electrons. The maximum Gasteiger partial charge on any atom is 0.241 e. The lowest BCUT2D eigenvalue weighted by atomic mass is 9.99. The van der Waals surface area contributed by atoms with Crippen LogP contribution in [0.1, 0.15) is 5.56 Å². The molecule has 0 saturated heterocycles. The first-order valence-corrected chi connectivity index (χ1v) is 13.7. The fraction of sp³-hybridized carbons (Fsp3) is 0.0312. The molecule has 6 heteroatoms. The van der Waals surface area contributed by atoms with Crippen LogP contribution in [0.3, 0.4) is 0 Å². The standard InChI is InChI=1S/C32H22BrN3OS/c33-25-18-16-24(17-19-25)30-20-28(23-10-4-1-5-11-23)29(21-34)32(35-30)38-22-31(37)36(26-12-6-2-7-13-26)27-14-8-3-9-15-27/h1-20H,22H2. The zero-order chi connectivity index (χ0) is 26.3. The highest BCUT2D eigenvalue weighted by atomic mass is 79.9. The molecule has 4 nitrogen and oxygen atoms in total. The number of rotatable bonds is 7. The molecule has 0 spiro atoms. The van der Waals surface area contributed by atoms with E-state index < -0.39 is 0 Å². The second-order valence-electron chi connectivity index (χ2n) is 8.41. The Morgan fingerprint density at radius 1 is 0.789 bits per heavy atom. The number of carbonyl (C=O) groups is 1. The van der Waals surface area contributed by atoms with Gasteiger partial charge in [-0.1, -0.05) is 107 Å². The number of carbonyl (C=O) groups excluding carboxylic acids is 1. The van der Waals surface area contributed by atoms with Gasteiger partial charge in [0, 0.05) is 27.0 Å². The van der Waals surface area contributed by atoms with Gasteiger partial charge in [-0.3, -0.25) is 9.69 Å². The average Bonchev–Trinajstić information content (AvgIpc) is 2.97. The maximum absolute atomic E-state index is 13.7. The van der Waals surface area contributed by atoms with Gasteiger partial charge in [0.2, 0.25) is 5.91 Å². The lowest BCUT2D eigenvalue weighted by Crippen LogP contribution is -2.27. The number of para-hydroxylation sites is 2. The summed E-state index contributed by atoms with van der Waals surface area (Å²) in [5.41, 5.74) is 5.41. The molecule has 1 aromatic heterocycles. The second-order valence-corrected chi connectivity index (χ2v) is 10.3. The van der Waals surface area contributed by atoms with Gasteiger partial charge in [-0.05, 0) is 48.0 Å². The number of nitriles is 1. The van der Waals surface area contributed by atoms with Gasteiger partial charge in [0.25, 0.3) is 0 Å². The Labute approximate surface area is 234 Å². The maximum atomic E-state index is 13.7. The van der Waals surface area contributed by atoms with Crippen molar-refractivity contribution < 1.29 is 4.79 Å². The summed E-state index contributed by atoms with van der Waals surface area (Å²) in [4.78, 5) is 20.2. The summed E-state index contributed by atoms with van der Waals surface area (Å²) in [7, 11) is 0. The van der Waals surface area contributed by atoms with E-state index in [0.29, 0.717) is 10.6 Å². The minimum atomic E-state index is -0.103. The van der Waals surface area contributed by atoms with E-state index in [-0.39, 0.29) is 11.7 Å². The van der Waals surface area contributed by atoms with Crippen LogP contribution in [0.15, 0.2) is 131 Å². The van der Waals surface area contributed by atoms with Gasteiger partial charge in [-0.2, -0.15) is 5.26 Å². The van der Waals surface area contributed by atoms with Crippen molar-refractivity contribution in [3.05, 3.63) is 131 Å². The largest absolute Gasteiger partial charge is 0.280 e. The van der Waals surface area contributed by atoms with Crippen molar-refractivity contribution in [1.82, 2.24) is 4.98 Å². The topological polar surface area (TPSA) is 57.0 Å². The molecular formula is C32H22BrN3OS. The average molecular weight is 577 g/mol. The number of amides is 1. The molecule has 0 aliphatic carbocycles. The Balaban J connectivity index is 1.54. The summed E-state index contributed by atoms with van der Waals surface area (Å²) in [6, 6.07) is 41.1. The Bertz CT molecular complexity index is 1550. The predicted molar refractivity (Wildman–Crippen MR) is 158 cm³/mol. The van der Waals surface area contributed by atoms with E-state index in [4.69, 9.17) is 4.98 Å². The van der Waals surface area contributed by atoms with Crippen molar-refractivity contribution in [2.75, 3.05) is 10.7 Å². The van der Waals surface area contributed by atoms with Gasteiger partial charge >= 0.3 is 0 Å². The fourth-order valence-corrected chi connectivity index (χ4v) is 5.25. The molecule has 1 heterocycles. The third kappa shape index (κ3) is 5.70. The Morgan fingerprint density at radius 2 is 1.34 bits per heavy atom. The van der Waals surface area contributed by atoms with Gasteiger partial charge < -0.3 is 0 Å². The number of halogens is 1. The number of nitrogens with zero attached hydrogens (tertiary/aromatic N) is 3. The molecule has 0 saturated carbocycles. The Hall–Kier alpha value is -4.18. The molecule has 0 atom stereocenters. The molecule has 0 fully saturated rings. The Kier molecular flexibility index (Phi) is 7.98. The van der Waals surface area contributed by atoms with Crippen LogP contribution in [-0.4, -0.2) is 16.6 Å². The van der Waals surface area contributed by atoms with E-state index in [1.165, 1.54) is 11.8 Å². The highest BCUT2D eigenvalue weighted by Crippen LogP contribution is 2.35. The van der Waals surface area contributed by atoms with Gasteiger partial charge in [0.15, 0.2) is 0 Å². The fourth-order valence-electron chi connectivity index (χ4n) is 4.13. The molecule has 1 amide bonds. The van der Waals surface area contributed by atoms with Crippen molar-refractivity contribution in [3.63, 3.8) is 0 Å². The van der Waals surface area contributed by atoms with Crippen LogP contribution in [0.25, 0.3) is 22.4 Å². The van der Waals surface area contributed by atoms with Crippen molar-refractivity contribution >= 4 is 45.0 Å². The van der Waals surface area contributed by atoms with Crippen molar-refractivity contribution in [1.29, 1.82) is 5.26 Å². The zero-order valence-electron chi connectivity index (χ0n) is 20.3. The molecule has 5 aromatic rings. The summed E-state index contributed by atoms with van der Waals surface area (Å²) in [5.74, 6) is 0.0112. The summed E-state index contributed by atoms with van der Waals surface area (Å²) < 4.78 is 0.972. The van der Waals surface area contributed by atoms with Gasteiger partial charge in [0.05, 0.1) is 17.0 Å². The molecule has 0 aliphatic rings. The van der Waals surface area contributed by atoms with Crippen molar-refractivity contribution in [3.8, 4) is 28.5 Å². The number of thioether (sulfide) groups is 1. The number of anilines is 2. The molecule has 0 N–H and O–H groups in total. The summed E-state index contributed by atoms with van der Waals surface area (Å²) >= 11 is 4.77. The molecule has 38 heavy (non-hydrogen) atoms. The number of pyridine rings is 1. The minimum absolute atomic E-state index is 0.103. The van der Waals surface area contributed by atoms with E-state index in [1.54, 1.807) is 4.90 Å². The molecule has 184 valence electrons. The monoisotopic (exact) mass is 575 g/mol. The molecule has 5 rings (SSSR count). The van der Waals surface area contributed by atoms with Crippen LogP contribution < -0.4 is 4.90 Å². The minimum Gasteiger partial charge on any atom is -0.280 e. The van der Waals surface area contributed by atoms with E-state index in [2.05, 4.69) is 22.0 Å². The quantitative estimate of drug-likeness (QED) is 0.182. The molecule has 0 aliphatic heterocycles. The summed E-state index contributed by atoms with van der Waals surface area (Å²) in [6.45, 7) is 0. The molecular weight excluding hydrogens is 554 g/mol. The lowest BCUT2D eigenvalue weighted by Gasteiger charge is -2.23. The predicted octanol–water partition coefficient (Wildman–Crippen LogP) is 8.51. The van der Waals surface area contributed by atoms with Gasteiger partial charge in [0.1, 0.15) is 11.1 Å². The van der Waals surface area contributed by atoms with Gasteiger partial charge in [-0.25, -0.2) is 4.98 Å². The van der Waals surface area contributed by atoms with Crippen LogP contribution in [0.2, 0.25) is 0 Å². The molecule has 0 bridgehead atoms. The van der Waals surface area contributed by atoms with Crippen LogP contribution in [0.4, 0.5) is 11.4 Å². The Morgan fingerprint density at radius 3 is 1.89 bits per heavy atom. The van der Waals surface area contributed by atoms with Crippen molar-refractivity contribution in [2.24, 2.45) is 0 Å². The zero-order valence-corrected chi connectivity index (χ0v) is 22.7. The normalized spacial score (nSPS) is 10.5. The van der Waals surface area contributed by atoms with E-state index in [9.17, 15) is 10.1 Å². The third-order valence-corrected chi connectivity index (χ3v) is 7.42. The third-order valence-electron chi connectivity index (χ3n) is 5.93. The number of aromatic nitrogens is 1. The lowest BCUT2D eigenvalue weighted by molar-refractivity contribution is -0.115. The van der Waals surface area contributed by atoms with E-state index in [1.807, 2.05) is 121 Å². The highest BCUT2D eigenvalue weighted by molar-refractivity contribution is 9.10. The van der Waals surface area contributed by atoms with Crippen LogP contribution in [-0.2, 0) is 4.79 Å². The second kappa shape index (κ2) is 11.9. The summed E-state index contributed by atoms with van der Waals surface area (Å²) in [6.07, 6.45) is 0. The van der Waals surface area contributed by atoms with Gasteiger partial charge in [-0.15, -0.1) is 0 Å². The molecule has 4 aromatic carbocycles. The smallest absolute Gasteiger partial charge is 0.241 e. The van der Waals surface area contributed by atoms with E-state index in [0.717, 1.165) is 38.2 Å². The van der Waals surface area contributed by atoms with Crippen molar-refractivity contribution in [2.45, 2.75) is 5.03 Å². The molecule has 0 unspecified atom stereocenters. The van der Waals surface area contributed by atoms with Crippen LogP contribution in [0, 0.1) is 11.3 Å². The number of hydrogen-bond donors (Lipinski definition) is 0. The number of benzene rings is 4. The first-order chi connectivity index (χ1) is 18.6. The van der Waals surface area contributed by atoms with E-state index >= 15 is 0 Å². The SMILES string of the molecule is N#Cc1c(-c2ccccc2)cc(-c2ccc(Br)cc2)nc1SCC(=O)N(c1ccccc1)c1ccccc1. The summed E-state index contributed by atoms with van der Waals surface area (Å²) in [5, 5.41) is 10.7. The first-order valence-electron chi connectivity index (χ1n) is 12.0. The number of hydrogen-bond acceptors (Lipinski definition) is 4.